The van der Waals surface area contributed by atoms with Gasteiger partial charge in [-0.2, -0.15) is 0 Å². The third-order valence-corrected chi connectivity index (χ3v) is 3.40. The number of carbonyl (C=O) groups is 1. The van der Waals surface area contributed by atoms with Gasteiger partial charge in [-0.1, -0.05) is 19.9 Å². The molecule has 1 aromatic carbocycles. The monoisotopic (exact) mass is 271 g/mol. The highest BCUT2D eigenvalue weighted by Crippen LogP contribution is 2.32. The highest BCUT2D eigenvalue weighted by atomic mass is 32.1. The first-order valence-electron chi connectivity index (χ1n) is 5.59. The van der Waals surface area contributed by atoms with E-state index in [1.165, 1.54) is 29.5 Å². The molecule has 18 heavy (non-hydrogen) atoms. The number of amides is 1. The lowest BCUT2D eigenvalue weighted by Gasteiger charge is -2.09. The molecule has 0 saturated carbocycles. The van der Waals surface area contributed by atoms with Crippen molar-refractivity contribution < 1.29 is 13.6 Å². The lowest BCUT2D eigenvalue weighted by molar-refractivity contribution is 0.0176. The van der Waals surface area contributed by atoms with Crippen LogP contribution in [0.25, 0.3) is 10.1 Å². The molecule has 0 atom stereocenters. The summed E-state index contributed by atoms with van der Waals surface area (Å²) in [4.78, 5) is 11.3. The Hall–Kier alpha value is -1.49. The zero-order chi connectivity index (χ0) is 13.9. The maximum Gasteiger partial charge on any atom is 0.270 e. The second kappa shape index (κ2) is 5.44. The van der Waals surface area contributed by atoms with Gasteiger partial charge in [0.15, 0.2) is 0 Å². The van der Waals surface area contributed by atoms with Gasteiger partial charge in [-0.3, -0.25) is 4.79 Å². The molecule has 0 aliphatic rings. The molecule has 0 fully saturated rings. The second-order valence-corrected chi connectivity index (χ2v) is 4.70. The van der Waals surface area contributed by atoms with Gasteiger partial charge in [0.05, 0.1) is 4.88 Å². The van der Waals surface area contributed by atoms with Gasteiger partial charge in [0.2, 0.25) is 0 Å². The lowest BCUT2D eigenvalue weighted by Crippen LogP contribution is -2.08. The molecule has 0 radical (unpaired) electrons. The Morgan fingerprint density at radius 1 is 1.28 bits per heavy atom. The van der Waals surface area contributed by atoms with Crippen LogP contribution in [0.2, 0.25) is 0 Å². The van der Waals surface area contributed by atoms with Gasteiger partial charge in [0.1, 0.15) is 0 Å². The first-order chi connectivity index (χ1) is 8.38. The van der Waals surface area contributed by atoms with Crippen molar-refractivity contribution >= 4 is 27.3 Å². The topological polar surface area (TPSA) is 43.1 Å². The molecular formula is C13H15F2NOS. The number of carbonyl (C=O) groups excluding carboxylic acids is 1. The van der Waals surface area contributed by atoms with Crippen LogP contribution in [0.1, 0.15) is 36.0 Å². The minimum Gasteiger partial charge on any atom is -0.365 e. The van der Waals surface area contributed by atoms with E-state index in [1.54, 1.807) is 6.07 Å². The maximum absolute atomic E-state index is 13.1. The zero-order valence-electron chi connectivity index (χ0n) is 10.5. The Morgan fingerprint density at radius 2 is 1.89 bits per heavy atom. The number of halogens is 2. The second-order valence-electron chi connectivity index (χ2n) is 3.62. The average molecular weight is 271 g/mol. The van der Waals surface area contributed by atoms with Crippen molar-refractivity contribution in [1.82, 2.24) is 0 Å². The number of alkyl halides is 2. The van der Waals surface area contributed by atoms with Gasteiger partial charge in [-0.25, -0.2) is 8.78 Å². The van der Waals surface area contributed by atoms with Gasteiger partial charge >= 0.3 is 0 Å². The number of rotatable bonds is 2. The van der Waals surface area contributed by atoms with Crippen LogP contribution in [0.3, 0.4) is 0 Å². The van der Waals surface area contributed by atoms with E-state index in [0.29, 0.717) is 10.3 Å². The molecular weight excluding hydrogens is 256 g/mol. The molecule has 0 aliphatic heterocycles. The number of hydrogen-bond donors (Lipinski definition) is 1. The molecule has 2 rings (SSSR count). The van der Waals surface area contributed by atoms with Crippen LogP contribution in [-0.4, -0.2) is 5.91 Å². The Balaban J connectivity index is 0.000000771. The highest BCUT2D eigenvalue weighted by molar-refractivity contribution is 7.20. The summed E-state index contributed by atoms with van der Waals surface area (Å²) < 4.78 is 26.9. The van der Waals surface area contributed by atoms with Crippen molar-refractivity contribution in [1.29, 1.82) is 0 Å². The fourth-order valence-corrected chi connectivity index (χ4v) is 2.33. The first-order valence-corrected chi connectivity index (χ1v) is 6.41. The summed E-state index contributed by atoms with van der Waals surface area (Å²) in [7, 11) is 0. The minimum atomic E-state index is -2.87. The zero-order valence-corrected chi connectivity index (χ0v) is 11.3. The number of nitrogens with two attached hydrogens (primary N) is 1. The molecule has 98 valence electrons. The minimum absolute atomic E-state index is 0.0613. The van der Waals surface area contributed by atoms with Crippen molar-refractivity contribution in [2.45, 2.75) is 26.7 Å². The Kier molecular flexibility index (Phi) is 4.40. The summed E-state index contributed by atoms with van der Waals surface area (Å²) in [6, 6.07) is 5.87. The van der Waals surface area contributed by atoms with E-state index < -0.39 is 11.8 Å². The van der Waals surface area contributed by atoms with Crippen LogP contribution >= 0.6 is 11.3 Å². The molecule has 0 bridgehead atoms. The van der Waals surface area contributed by atoms with Crippen molar-refractivity contribution in [3.8, 4) is 0 Å². The van der Waals surface area contributed by atoms with E-state index >= 15 is 0 Å². The molecule has 0 aliphatic carbocycles. The van der Waals surface area contributed by atoms with Crippen molar-refractivity contribution in [3.05, 3.63) is 34.7 Å². The van der Waals surface area contributed by atoms with Crippen molar-refractivity contribution in [2.24, 2.45) is 5.73 Å². The summed E-state index contributed by atoms with van der Waals surface area (Å²) >= 11 is 1.21. The molecule has 2 N–H and O–H groups in total. The summed E-state index contributed by atoms with van der Waals surface area (Å²) in [6.45, 7) is 4.84. The number of fused-ring (bicyclic) bond motifs is 1. The van der Waals surface area contributed by atoms with Crippen LogP contribution in [0, 0.1) is 0 Å². The molecule has 5 heteroatoms. The van der Waals surface area contributed by atoms with Gasteiger partial charge < -0.3 is 5.73 Å². The predicted octanol–water partition coefficient (Wildman–Crippen LogP) is 4.14. The fourth-order valence-electron chi connectivity index (χ4n) is 1.44. The number of thiophene rings is 1. The Morgan fingerprint density at radius 3 is 2.39 bits per heavy atom. The normalized spacial score (nSPS) is 10.9. The third-order valence-electron chi connectivity index (χ3n) is 2.27. The van der Waals surface area contributed by atoms with E-state index in [-0.39, 0.29) is 5.56 Å². The summed E-state index contributed by atoms with van der Waals surface area (Å²) in [5, 5.41) is 0.623. The largest absolute Gasteiger partial charge is 0.365 e. The summed E-state index contributed by atoms with van der Waals surface area (Å²) in [5.74, 6) is -3.41. The first kappa shape index (κ1) is 14.6. The van der Waals surface area contributed by atoms with Gasteiger partial charge in [0.25, 0.3) is 11.8 Å². The van der Waals surface area contributed by atoms with Crippen LogP contribution < -0.4 is 5.73 Å². The number of hydrogen-bond acceptors (Lipinski definition) is 2. The predicted molar refractivity (Wildman–Crippen MR) is 71.3 cm³/mol. The van der Waals surface area contributed by atoms with E-state index in [0.717, 1.165) is 11.6 Å². The fraction of sp³-hybridized carbons (Fsp3) is 0.308. The molecule has 2 nitrogen and oxygen atoms in total. The van der Waals surface area contributed by atoms with Crippen molar-refractivity contribution in [3.63, 3.8) is 0 Å². The van der Waals surface area contributed by atoms with Crippen LogP contribution in [0.15, 0.2) is 24.3 Å². The lowest BCUT2D eigenvalue weighted by atomic mass is 10.1. The SMILES string of the molecule is CC.CC(F)(F)c1ccc2sc(C(N)=O)cc2c1. The van der Waals surface area contributed by atoms with Gasteiger partial charge in [0, 0.05) is 17.2 Å². The number of benzene rings is 1. The summed E-state index contributed by atoms with van der Waals surface area (Å²) in [6.07, 6.45) is 0. The average Bonchev–Trinajstić information content (AvgIpc) is 2.73. The van der Waals surface area contributed by atoms with Crippen LogP contribution in [0.5, 0.6) is 0 Å². The Labute approximate surface area is 108 Å². The molecule has 1 aromatic heterocycles. The molecule has 1 heterocycles. The van der Waals surface area contributed by atoms with Gasteiger partial charge in [-0.05, 0) is 23.6 Å². The molecule has 0 unspecified atom stereocenters. The van der Waals surface area contributed by atoms with Crippen LogP contribution in [0.4, 0.5) is 8.78 Å². The third kappa shape index (κ3) is 3.04. The molecule has 1 amide bonds. The molecule has 0 spiro atoms. The number of primary amides is 1. The van der Waals surface area contributed by atoms with Crippen molar-refractivity contribution in [2.75, 3.05) is 0 Å². The van der Waals surface area contributed by atoms with E-state index in [9.17, 15) is 13.6 Å². The highest BCUT2D eigenvalue weighted by Gasteiger charge is 2.24. The summed E-state index contributed by atoms with van der Waals surface area (Å²) in [5.41, 5.74) is 5.06. The van der Waals surface area contributed by atoms with Crippen LogP contribution in [-0.2, 0) is 5.92 Å². The van der Waals surface area contributed by atoms with Gasteiger partial charge in [-0.15, -0.1) is 11.3 Å². The quantitative estimate of drug-likeness (QED) is 0.876. The van der Waals surface area contributed by atoms with E-state index in [1.807, 2.05) is 13.8 Å². The Bertz CT molecular complexity index is 558. The smallest absolute Gasteiger partial charge is 0.270 e. The standard InChI is InChI=1S/C11H9F2NOS.C2H6/c1-11(12,13)7-2-3-8-6(4-7)5-9(16-8)10(14)15;1-2/h2-5H,1H3,(H2,14,15);1-2H3. The molecule has 0 saturated heterocycles. The molecule has 2 aromatic rings. The van der Waals surface area contributed by atoms with E-state index in [4.69, 9.17) is 5.73 Å². The van der Waals surface area contributed by atoms with E-state index in [2.05, 4.69) is 0 Å². The maximum atomic E-state index is 13.1.